The lowest BCUT2D eigenvalue weighted by Gasteiger charge is -2.17. The van der Waals surface area contributed by atoms with Crippen LogP contribution in [0.4, 0.5) is 4.39 Å². The van der Waals surface area contributed by atoms with Gasteiger partial charge in [-0.2, -0.15) is 0 Å². The highest BCUT2D eigenvalue weighted by atomic mass is 79.9. The Bertz CT molecular complexity index is 398. The number of hydrogen-bond donors (Lipinski definition) is 1. The zero-order valence-electron chi connectivity index (χ0n) is 9.96. The summed E-state index contributed by atoms with van der Waals surface area (Å²) >= 11 is 3.06. The van der Waals surface area contributed by atoms with E-state index in [1.807, 2.05) is 7.05 Å². The number of nitrogens with zero attached hydrogens (tertiary/aromatic N) is 1. The van der Waals surface area contributed by atoms with Crippen molar-refractivity contribution in [2.45, 2.75) is 6.42 Å². The van der Waals surface area contributed by atoms with Gasteiger partial charge in [0.2, 0.25) is 0 Å². The molecular weight excluding hydrogens is 287 g/mol. The molecule has 94 valence electrons. The summed E-state index contributed by atoms with van der Waals surface area (Å²) in [4.78, 5) is 13.5. The second-order valence-electron chi connectivity index (χ2n) is 3.81. The standard InChI is InChI=1S/C12H16BrFN2O/c1-15-6-3-7-16(2)12(17)9-4-5-10(13)11(14)8-9/h4-5,8,15H,3,6-7H2,1-2H3. The smallest absolute Gasteiger partial charge is 0.253 e. The summed E-state index contributed by atoms with van der Waals surface area (Å²) in [6, 6.07) is 4.41. The lowest BCUT2D eigenvalue weighted by Crippen LogP contribution is -2.29. The van der Waals surface area contributed by atoms with Gasteiger partial charge in [-0.3, -0.25) is 4.79 Å². The molecule has 1 amide bonds. The number of rotatable bonds is 5. The van der Waals surface area contributed by atoms with Crippen molar-refractivity contribution < 1.29 is 9.18 Å². The average molecular weight is 303 g/mol. The van der Waals surface area contributed by atoms with E-state index in [4.69, 9.17) is 0 Å². The van der Waals surface area contributed by atoms with Crippen LogP contribution in [-0.4, -0.2) is 38.0 Å². The zero-order valence-corrected chi connectivity index (χ0v) is 11.6. The van der Waals surface area contributed by atoms with Gasteiger partial charge in [-0.25, -0.2) is 4.39 Å². The van der Waals surface area contributed by atoms with Gasteiger partial charge in [-0.15, -0.1) is 0 Å². The maximum absolute atomic E-state index is 13.3. The van der Waals surface area contributed by atoms with Gasteiger partial charge in [-0.1, -0.05) is 0 Å². The molecule has 0 saturated heterocycles. The number of halogens is 2. The van der Waals surface area contributed by atoms with E-state index in [-0.39, 0.29) is 5.91 Å². The molecule has 17 heavy (non-hydrogen) atoms. The molecule has 0 atom stereocenters. The fourth-order valence-corrected chi connectivity index (χ4v) is 1.69. The summed E-state index contributed by atoms with van der Waals surface area (Å²) < 4.78 is 13.6. The number of nitrogens with one attached hydrogen (secondary N) is 1. The van der Waals surface area contributed by atoms with Crippen LogP contribution < -0.4 is 5.32 Å². The molecule has 0 fully saturated rings. The molecule has 0 saturated carbocycles. The van der Waals surface area contributed by atoms with Crippen molar-refractivity contribution in [2.24, 2.45) is 0 Å². The zero-order chi connectivity index (χ0) is 12.8. The lowest BCUT2D eigenvalue weighted by molar-refractivity contribution is 0.0793. The van der Waals surface area contributed by atoms with Crippen LogP contribution in [-0.2, 0) is 0 Å². The Labute approximate surface area is 109 Å². The van der Waals surface area contributed by atoms with E-state index in [1.165, 1.54) is 6.07 Å². The molecular formula is C12H16BrFN2O. The van der Waals surface area contributed by atoms with Crippen LogP contribution in [0.1, 0.15) is 16.8 Å². The molecule has 5 heteroatoms. The third-order valence-corrected chi connectivity index (χ3v) is 3.08. The van der Waals surface area contributed by atoms with Gasteiger partial charge in [0, 0.05) is 19.2 Å². The van der Waals surface area contributed by atoms with Crippen molar-refractivity contribution in [2.75, 3.05) is 27.2 Å². The van der Waals surface area contributed by atoms with Crippen molar-refractivity contribution >= 4 is 21.8 Å². The van der Waals surface area contributed by atoms with Crippen molar-refractivity contribution in [3.63, 3.8) is 0 Å². The second kappa shape index (κ2) is 6.71. The van der Waals surface area contributed by atoms with Gasteiger partial charge in [0.05, 0.1) is 4.47 Å². The van der Waals surface area contributed by atoms with Crippen molar-refractivity contribution in [1.29, 1.82) is 0 Å². The summed E-state index contributed by atoms with van der Waals surface area (Å²) in [7, 11) is 3.59. The predicted molar refractivity (Wildman–Crippen MR) is 69.6 cm³/mol. The molecule has 1 aromatic carbocycles. The van der Waals surface area contributed by atoms with E-state index in [0.717, 1.165) is 13.0 Å². The topological polar surface area (TPSA) is 32.3 Å². The molecule has 0 aliphatic heterocycles. The van der Waals surface area contributed by atoms with Gasteiger partial charge < -0.3 is 10.2 Å². The first kappa shape index (κ1) is 14.1. The van der Waals surface area contributed by atoms with Crippen LogP contribution in [0.25, 0.3) is 0 Å². The Morgan fingerprint density at radius 2 is 2.24 bits per heavy atom. The van der Waals surface area contributed by atoms with Crippen LogP contribution in [0.5, 0.6) is 0 Å². The Kier molecular flexibility index (Phi) is 5.58. The quantitative estimate of drug-likeness (QED) is 0.846. The number of amides is 1. The van der Waals surface area contributed by atoms with Crippen molar-refractivity contribution in [3.8, 4) is 0 Å². The molecule has 0 bridgehead atoms. The normalized spacial score (nSPS) is 10.4. The Morgan fingerprint density at radius 1 is 1.53 bits per heavy atom. The highest BCUT2D eigenvalue weighted by molar-refractivity contribution is 9.10. The Hall–Kier alpha value is -0.940. The maximum Gasteiger partial charge on any atom is 0.253 e. The number of benzene rings is 1. The first-order chi connectivity index (χ1) is 8.06. The van der Waals surface area contributed by atoms with E-state index in [2.05, 4.69) is 21.2 Å². The lowest BCUT2D eigenvalue weighted by atomic mass is 10.2. The van der Waals surface area contributed by atoms with E-state index in [9.17, 15) is 9.18 Å². The van der Waals surface area contributed by atoms with Crippen LogP contribution in [0.2, 0.25) is 0 Å². The number of carbonyl (C=O) groups excluding carboxylic acids is 1. The predicted octanol–water partition coefficient (Wildman–Crippen LogP) is 2.27. The molecule has 1 aromatic rings. The summed E-state index contributed by atoms with van der Waals surface area (Å²) in [6.45, 7) is 1.50. The minimum Gasteiger partial charge on any atom is -0.342 e. The third-order valence-electron chi connectivity index (χ3n) is 2.43. The van der Waals surface area contributed by atoms with Crippen molar-refractivity contribution in [3.05, 3.63) is 34.1 Å². The minimum absolute atomic E-state index is 0.160. The molecule has 0 aliphatic rings. The van der Waals surface area contributed by atoms with Crippen LogP contribution in [0.3, 0.4) is 0 Å². The molecule has 3 nitrogen and oxygen atoms in total. The summed E-state index contributed by atoms with van der Waals surface area (Å²) in [5.41, 5.74) is 0.373. The molecule has 0 spiro atoms. The SMILES string of the molecule is CNCCCN(C)C(=O)c1ccc(Br)c(F)c1. The Balaban J connectivity index is 2.65. The molecule has 0 heterocycles. The summed E-state index contributed by atoms with van der Waals surface area (Å²) in [5, 5.41) is 3.01. The Morgan fingerprint density at radius 3 is 2.82 bits per heavy atom. The van der Waals surface area contributed by atoms with E-state index >= 15 is 0 Å². The first-order valence-electron chi connectivity index (χ1n) is 5.41. The van der Waals surface area contributed by atoms with Crippen LogP contribution in [0.15, 0.2) is 22.7 Å². The highest BCUT2D eigenvalue weighted by Crippen LogP contribution is 2.17. The van der Waals surface area contributed by atoms with Gasteiger partial charge >= 0.3 is 0 Å². The average Bonchev–Trinajstić information content (AvgIpc) is 2.32. The third kappa shape index (κ3) is 4.09. The van der Waals surface area contributed by atoms with Gasteiger partial charge in [0.1, 0.15) is 5.82 Å². The maximum atomic E-state index is 13.3. The minimum atomic E-state index is -0.417. The molecule has 0 unspecified atom stereocenters. The fraction of sp³-hybridized carbons (Fsp3) is 0.417. The van der Waals surface area contributed by atoms with Crippen LogP contribution >= 0.6 is 15.9 Å². The van der Waals surface area contributed by atoms with Crippen molar-refractivity contribution in [1.82, 2.24) is 10.2 Å². The van der Waals surface area contributed by atoms with E-state index in [1.54, 1.807) is 24.1 Å². The molecule has 0 aliphatic carbocycles. The fourth-order valence-electron chi connectivity index (χ4n) is 1.44. The largest absolute Gasteiger partial charge is 0.342 e. The molecule has 1 rings (SSSR count). The van der Waals surface area contributed by atoms with Gasteiger partial charge in [0.25, 0.3) is 5.91 Å². The molecule has 0 radical (unpaired) electrons. The molecule has 1 N–H and O–H groups in total. The monoisotopic (exact) mass is 302 g/mol. The van der Waals surface area contributed by atoms with Gasteiger partial charge in [-0.05, 0) is 54.1 Å². The summed E-state index contributed by atoms with van der Waals surface area (Å²) in [6.07, 6.45) is 0.873. The second-order valence-corrected chi connectivity index (χ2v) is 4.67. The highest BCUT2D eigenvalue weighted by Gasteiger charge is 2.12. The molecule has 0 aromatic heterocycles. The van der Waals surface area contributed by atoms with E-state index < -0.39 is 5.82 Å². The summed E-state index contributed by atoms with van der Waals surface area (Å²) in [5.74, 6) is -0.577. The first-order valence-corrected chi connectivity index (χ1v) is 6.20. The number of carbonyl (C=O) groups is 1. The van der Waals surface area contributed by atoms with Crippen LogP contribution in [0, 0.1) is 5.82 Å². The van der Waals surface area contributed by atoms with E-state index in [0.29, 0.717) is 16.6 Å². The van der Waals surface area contributed by atoms with Gasteiger partial charge in [0.15, 0.2) is 0 Å². The number of hydrogen-bond acceptors (Lipinski definition) is 2.